The van der Waals surface area contributed by atoms with Gasteiger partial charge in [0, 0.05) is 11.6 Å². The molecule has 5 nitrogen and oxygen atoms in total. The molecule has 22 heavy (non-hydrogen) atoms. The molecule has 0 atom stereocenters. The molecule has 1 aromatic heterocycles. The van der Waals surface area contributed by atoms with Crippen molar-refractivity contribution in [2.45, 2.75) is 0 Å². The van der Waals surface area contributed by atoms with E-state index in [2.05, 4.69) is 4.99 Å². The molecule has 0 fully saturated rings. The number of hydrogen-bond acceptors (Lipinski definition) is 3. The highest BCUT2D eigenvalue weighted by molar-refractivity contribution is 5.99. The number of carbonyl (C=O) groups is 1. The van der Waals surface area contributed by atoms with Gasteiger partial charge in [0.15, 0.2) is 0 Å². The first kappa shape index (κ1) is 13.7. The molecule has 0 spiro atoms. The van der Waals surface area contributed by atoms with Gasteiger partial charge in [-0.3, -0.25) is 4.79 Å². The van der Waals surface area contributed by atoms with Crippen molar-refractivity contribution in [3.05, 3.63) is 60.0 Å². The topological polar surface area (TPSA) is 77.5 Å². The number of amides is 1. The molecule has 2 N–H and O–H groups in total. The summed E-state index contributed by atoms with van der Waals surface area (Å²) in [5, 5.41) is 0.447. The Morgan fingerprint density at radius 2 is 2.00 bits per heavy atom. The van der Waals surface area contributed by atoms with Crippen molar-refractivity contribution in [1.29, 1.82) is 0 Å². The molecule has 0 saturated carbocycles. The zero-order valence-corrected chi connectivity index (χ0v) is 11.3. The minimum absolute atomic E-state index is 0.267. The fourth-order valence-corrected chi connectivity index (χ4v) is 2.41. The van der Waals surface area contributed by atoms with Crippen LogP contribution in [0.5, 0.6) is 0 Å². The van der Waals surface area contributed by atoms with E-state index in [1.54, 1.807) is 34.9 Å². The summed E-state index contributed by atoms with van der Waals surface area (Å²) in [6, 6.07) is 10.9. The van der Waals surface area contributed by atoms with Gasteiger partial charge < -0.3 is 10.3 Å². The molecule has 3 rings (SSSR count). The van der Waals surface area contributed by atoms with E-state index < -0.39 is 11.7 Å². The van der Waals surface area contributed by atoms with E-state index in [0.717, 1.165) is 0 Å². The molecule has 1 amide bonds. The van der Waals surface area contributed by atoms with Crippen LogP contribution >= 0.6 is 0 Å². The van der Waals surface area contributed by atoms with Crippen LogP contribution in [0.15, 0.2) is 53.7 Å². The zero-order valence-electron chi connectivity index (χ0n) is 11.3. The number of benzene rings is 2. The van der Waals surface area contributed by atoms with Crippen LogP contribution < -0.4 is 5.73 Å². The number of nitrogens with two attached hydrogens (primary N) is 1. The lowest BCUT2D eigenvalue weighted by atomic mass is 10.1. The second-order valence-corrected chi connectivity index (χ2v) is 4.63. The number of isocyanates is 1. The summed E-state index contributed by atoms with van der Waals surface area (Å²) in [5.41, 5.74) is 7.09. The number of halogens is 1. The van der Waals surface area contributed by atoms with Gasteiger partial charge in [-0.25, -0.2) is 9.18 Å². The van der Waals surface area contributed by atoms with Gasteiger partial charge in [-0.15, -0.1) is 0 Å². The summed E-state index contributed by atoms with van der Waals surface area (Å²) in [5.74, 6) is -1.03. The van der Waals surface area contributed by atoms with Gasteiger partial charge in [-0.05, 0) is 30.3 Å². The van der Waals surface area contributed by atoms with Gasteiger partial charge >= 0.3 is 0 Å². The second-order valence-electron chi connectivity index (χ2n) is 4.63. The van der Waals surface area contributed by atoms with Gasteiger partial charge in [0.2, 0.25) is 6.08 Å². The standard InChI is InChI=1S/C16H10FN3O2/c17-10-5-6-15-12(7-10)13(19-9-21)8-20(15)14-4-2-1-3-11(14)16(18)22/h1-8H,(H2,18,22). The second kappa shape index (κ2) is 5.27. The molecule has 0 saturated heterocycles. The summed E-state index contributed by atoms with van der Waals surface area (Å²) in [7, 11) is 0. The lowest BCUT2D eigenvalue weighted by Crippen LogP contribution is -2.14. The van der Waals surface area contributed by atoms with E-state index in [1.165, 1.54) is 24.4 Å². The van der Waals surface area contributed by atoms with Gasteiger partial charge in [0.25, 0.3) is 5.91 Å². The number of fused-ring (bicyclic) bond motifs is 1. The van der Waals surface area contributed by atoms with Crippen LogP contribution in [-0.2, 0) is 4.79 Å². The number of aliphatic imine (C=N–C) groups is 1. The lowest BCUT2D eigenvalue weighted by molar-refractivity contribution is 0.100. The van der Waals surface area contributed by atoms with Crippen molar-refractivity contribution in [3.63, 3.8) is 0 Å². The summed E-state index contributed by atoms with van der Waals surface area (Å²) in [6.07, 6.45) is 2.98. The first-order chi connectivity index (χ1) is 10.6. The fourth-order valence-electron chi connectivity index (χ4n) is 2.41. The van der Waals surface area contributed by atoms with Crippen molar-refractivity contribution >= 4 is 28.6 Å². The van der Waals surface area contributed by atoms with E-state index in [-0.39, 0.29) is 5.69 Å². The minimum atomic E-state index is -0.583. The molecule has 3 aromatic rings. The van der Waals surface area contributed by atoms with E-state index in [4.69, 9.17) is 5.73 Å². The van der Waals surface area contributed by atoms with Crippen LogP contribution in [0.4, 0.5) is 10.1 Å². The Kier molecular flexibility index (Phi) is 3.29. The molecule has 6 heteroatoms. The van der Waals surface area contributed by atoms with Crippen LogP contribution in [-0.4, -0.2) is 16.6 Å². The molecule has 108 valence electrons. The number of para-hydroxylation sites is 1. The van der Waals surface area contributed by atoms with Crippen LogP contribution in [0, 0.1) is 5.82 Å². The molecule has 0 radical (unpaired) electrons. The highest BCUT2D eigenvalue weighted by Gasteiger charge is 2.14. The number of aromatic nitrogens is 1. The first-order valence-corrected chi connectivity index (χ1v) is 6.39. The summed E-state index contributed by atoms with van der Waals surface area (Å²) < 4.78 is 15.1. The van der Waals surface area contributed by atoms with Gasteiger partial charge in [-0.2, -0.15) is 4.99 Å². The largest absolute Gasteiger partial charge is 0.366 e. The van der Waals surface area contributed by atoms with Crippen LogP contribution in [0.25, 0.3) is 16.6 Å². The molecular formula is C16H10FN3O2. The fraction of sp³-hybridized carbons (Fsp3) is 0. The minimum Gasteiger partial charge on any atom is -0.366 e. The number of nitrogens with zero attached hydrogens (tertiary/aromatic N) is 2. The Hall–Kier alpha value is -3.24. The molecule has 0 aliphatic carbocycles. The van der Waals surface area contributed by atoms with Crippen LogP contribution in [0.3, 0.4) is 0 Å². The number of primary amides is 1. The molecule has 0 unspecified atom stereocenters. The smallest absolute Gasteiger partial charge is 0.250 e. The van der Waals surface area contributed by atoms with Gasteiger partial charge in [0.05, 0.1) is 16.8 Å². The SMILES string of the molecule is NC(=O)c1ccccc1-n1cc(N=C=O)c2cc(F)ccc21. The lowest BCUT2D eigenvalue weighted by Gasteiger charge is -2.09. The molecule has 2 aromatic carbocycles. The Morgan fingerprint density at radius 3 is 2.73 bits per heavy atom. The average Bonchev–Trinajstić information content (AvgIpc) is 2.85. The maximum absolute atomic E-state index is 13.5. The van der Waals surface area contributed by atoms with Gasteiger partial charge in [0.1, 0.15) is 11.5 Å². The third-order valence-electron chi connectivity index (χ3n) is 3.34. The van der Waals surface area contributed by atoms with E-state index in [9.17, 15) is 14.0 Å². The van der Waals surface area contributed by atoms with E-state index >= 15 is 0 Å². The van der Waals surface area contributed by atoms with Gasteiger partial charge in [-0.1, -0.05) is 12.1 Å². The van der Waals surface area contributed by atoms with Crippen molar-refractivity contribution < 1.29 is 14.0 Å². The van der Waals surface area contributed by atoms with E-state index in [1.807, 2.05) is 0 Å². The van der Waals surface area contributed by atoms with Crippen molar-refractivity contribution in [2.75, 3.05) is 0 Å². The Balaban J connectivity index is 2.37. The molecular weight excluding hydrogens is 285 g/mol. The molecule has 1 heterocycles. The normalized spacial score (nSPS) is 10.4. The number of rotatable bonds is 3. The van der Waals surface area contributed by atoms with E-state index in [0.29, 0.717) is 22.2 Å². The van der Waals surface area contributed by atoms with Crippen LogP contribution in [0.1, 0.15) is 10.4 Å². The number of carbonyl (C=O) groups excluding carboxylic acids is 2. The summed E-state index contributed by atoms with van der Waals surface area (Å²) in [6.45, 7) is 0. The van der Waals surface area contributed by atoms with Crippen LogP contribution in [0.2, 0.25) is 0 Å². The third kappa shape index (κ3) is 2.17. The molecule has 0 bridgehead atoms. The maximum Gasteiger partial charge on any atom is 0.250 e. The quantitative estimate of drug-likeness (QED) is 0.595. The van der Waals surface area contributed by atoms with Crippen molar-refractivity contribution in [3.8, 4) is 5.69 Å². The summed E-state index contributed by atoms with van der Waals surface area (Å²) >= 11 is 0. The summed E-state index contributed by atoms with van der Waals surface area (Å²) in [4.78, 5) is 25.7. The van der Waals surface area contributed by atoms with Crippen molar-refractivity contribution in [2.24, 2.45) is 10.7 Å². The molecule has 0 aliphatic rings. The first-order valence-electron chi connectivity index (χ1n) is 6.39. The average molecular weight is 295 g/mol. The zero-order chi connectivity index (χ0) is 15.7. The monoisotopic (exact) mass is 295 g/mol. The van der Waals surface area contributed by atoms with Crippen molar-refractivity contribution in [1.82, 2.24) is 4.57 Å². The highest BCUT2D eigenvalue weighted by Crippen LogP contribution is 2.32. The molecule has 0 aliphatic heterocycles. The predicted octanol–water partition coefficient (Wildman–Crippen LogP) is 2.84. The number of hydrogen-bond donors (Lipinski definition) is 1. The highest BCUT2D eigenvalue weighted by atomic mass is 19.1. The predicted molar refractivity (Wildman–Crippen MR) is 79.5 cm³/mol. The Labute approximate surface area is 124 Å². The Morgan fingerprint density at radius 1 is 1.23 bits per heavy atom. The maximum atomic E-state index is 13.5. The Bertz CT molecular complexity index is 940. The third-order valence-corrected chi connectivity index (χ3v) is 3.34.